The number of rotatable bonds is 5. The first-order valence-corrected chi connectivity index (χ1v) is 10.5. The average molecular weight is 421 g/mol. The summed E-state index contributed by atoms with van der Waals surface area (Å²) < 4.78 is 1.88. The fourth-order valence-corrected chi connectivity index (χ4v) is 3.85. The molecule has 1 aliphatic heterocycles. The summed E-state index contributed by atoms with van der Waals surface area (Å²) >= 11 is 6.15. The van der Waals surface area contributed by atoms with Gasteiger partial charge in [-0.2, -0.15) is 5.10 Å². The summed E-state index contributed by atoms with van der Waals surface area (Å²) in [5.74, 6) is 0.0354. The van der Waals surface area contributed by atoms with E-state index in [4.69, 9.17) is 11.6 Å². The standard InChI is InChI=1S/C24H25ClN4O/c1-19-7-9-22(25)15-23(19)27-11-13-28(14-12-27)24(30)10-8-21-16-26-29(18-21)17-20-5-3-2-4-6-20/h2-10,15-16,18H,11-14,17H2,1H3/b10-8+. The number of hydrogen-bond donors (Lipinski definition) is 0. The molecule has 4 rings (SSSR count). The Hall–Kier alpha value is -3.05. The zero-order chi connectivity index (χ0) is 20.9. The van der Waals surface area contributed by atoms with E-state index in [0.29, 0.717) is 19.6 Å². The molecular weight excluding hydrogens is 396 g/mol. The van der Waals surface area contributed by atoms with E-state index in [9.17, 15) is 4.79 Å². The van der Waals surface area contributed by atoms with Gasteiger partial charge < -0.3 is 9.80 Å². The normalized spacial score (nSPS) is 14.5. The largest absolute Gasteiger partial charge is 0.368 e. The first kappa shape index (κ1) is 20.2. The minimum absolute atomic E-state index is 0.0354. The molecule has 0 spiro atoms. The quantitative estimate of drug-likeness (QED) is 0.579. The Kier molecular flexibility index (Phi) is 6.19. The highest BCUT2D eigenvalue weighted by atomic mass is 35.5. The Morgan fingerprint density at radius 2 is 1.87 bits per heavy atom. The summed E-state index contributed by atoms with van der Waals surface area (Å²) in [6.07, 6.45) is 7.22. The van der Waals surface area contributed by atoms with Gasteiger partial charge in [0.25, 0.3) is 0 Å². The van der Waals surface area contributed by atoms with Gasteiger partial charge >= 0.3 is 0 Å². The minimum atomic E-state index is 0.0354. The van der Waals surface area contributed by atoms with Gasteiger partial charge in [-0.25, -0.2) is 0 Å². The van der Waals surface area contributed by atoms with Crippen molar-refractivity contribution in [2.45, 2.75) is 13.5 Å². The van der Waals surface area contributed by atoms with E-state index < -0.39 is 0 Å². The molecule has 0 atom stereocenters. The molecule has 2 heterocycles. The predicted octanol–water partition coefficient (Wildman–Crippen LogP) is 4.26. The second-order valence-corrected chi connectivity index (χ2v) is 7.97. The van der Waals surface area contributed by atoms with Crippen LogP contribution in [-0.2, 0) is 11.3 Å². The van der Waals surface area contributed by atoms with Crippen molar-refractivity contribution in [1.29, 1.82) is 0 Å². The summed E-state index contributed by atoms with van der Waals surface area (Å²) in [6, 6.07) is 16.1. The van der Waals surface area contributed by atoms with Crippen LogP contribution in [0.5, 0.6) is 0 Å². The molecule has 6 heteroatoms. The maximum absolute atomic E-state index is 12.6. The summed E-state index contributed by atoms with van der Waals surface area (Å²) in [4.78, 5) is 16.8. The summed E-state index contributed by atoms with van der Waals surface area (Å²) in [7, 11) is 0. The third-order valence-corrected chi connectivity index (χ3v) is 5.60. The van der Waals surface area contributed by atoms with Gasteiger partial charge in [-0.3, -0.25) is 9.48 Å². The zero-order valence-electron chi connectivity index (χ0n) is 17.0. The number of hydrogen-bond acceptors (Lipinski definition) is 3. The van der Waals surface area contributed by atoms with Gasteiger partial charge in [0.15, 0.2) is 0 Å². The molecule has 0 saturated carbocycles. The molecule has 1 aliphatic rings. The van der Waals surface area contributed by atoms with Crippen LogP contribution in [0.3, 0.4) is 0 Å². The molecule has 0 unspecified atom stereocenters. The van der Waals surface area contributed by atoms with Crippen molar-refractivity contribution < 1.29 is 4.79 Å². The molecule has 154 valence electrons. The van der Waals surface area contributed by atoms with Crippen molar-refractivity contribution in [2.75, 3.05) is 31.1 Å². The van der Waals surface area contributed by atoms with Gasteiger partial charge in [-0.05, 0) is 36.3 Å². The smallest absolute Gasteiger partial charge is 0.246 e. The molecule has 1 aromatic heterocycles. The van der Waals surface area contributed by atoms with E-state index in [0.717, 1.165) is 29.4 Å². The molecule has 0 aliphatic carbocycles. The second kappa shape index (κ2) is 9.18. The Morgan fingerprint density at radius 1 is 1.10 bits per heavy atom. The molecule has 2 aromatic carbocycles. The lowest BCUT2D eigenvalue weighted by Crippen LogP contribution is -2.48. The number of benzene rings is 2. The van der Waals surface area contributed by atoms with Gasteiger partial charge in [-0.1, -0.05) is 48.0 Å². The number of nitrogens with zero attached hydrogens (tertiary/aromatic N) is 4. The molecule has 1 saturated heterocycles. The van der Waals surface area contributed by atoms with Gasteiger partial charge in [-0.15, -0.1) is 0 Å². The predicted molar refractivity (Wildman–Crippen MR) is 122 cm³/mol. The highest BCUT2D eigenvalue weighted by Gasteiger charge is 2.21. The summed E-state index contributed by atoms with van der Waals surface area (Å²) in [6.45, 7) is 5.80. The van der Waals surface area contributed by atoms with Crippen LogP contribution in [0.1, 0.15) is 16.7 Å². The second-order valence-electron chi connectivity index (χ2n) is 7.53. The Balaban J connectivity index is 1.32. The minimum Gasteiger partial charge on any atom is -0.368 e. The SMILES string of the molecule is Cc1ccc(Cl)cc1N1CCN(C(=O)/C=C/c2cnn(Cc3ccccc3)c2)CC1. The van der Waals surface area contributed by atoms with Crippen LogP contribution in [0, 0.1) is 6.92 Å². The van der Waals surface area contributed by atoms with E-state index in [1.54, 1.807) is 12.3 Å². The highest BCUT2D eigenvalue weighted by Crippen LogP contribution is 2.25. The van der Waals surface area contributed by atoms with E-state index in [1.165, 1.54) is 11.1 Å². The van der Waals surface area contributed by atoms with Crippen molar-refractivity contribution in [3.8, 4) is 0 Å². The Bertz CT molecular complexity index is 1040. The first-order chi connectivity index (χ1) is 14.6. The van der Waals surface area contributed by atoms with Crippen LogP contribution < -0.4 is 4.90 Å². The van der Waals surface area contributed by atoms with Crippen molar-refractivity contribution in [3.63, 3.8) is 0 Å². The molecule has 0 N–H and O–H groups in total. The van der Waals surface area contributed by atoms with Crippen LogP contribution in [0.2, 0.25) is 5.02 Å². The zero-order valence-corrected chi connectivity index (χ0v) is 17.8. The lowest BCUT2D eigenvalue weighted by atomic mass is 10.1. The molecule has 3 aromatic rings. The fraction of sp³-hybridized carbons (Fsp3) is 0.250. The number of anilines is 1. The highest BCUT2D eigenvalue weighted by molar-refractivity contribution is 6.30. The van der Waals surface area contributed by atoms with E-state index in [1.807, 2.05) is 58.3 Å². The molecule has 5 nitrogen and oxygen atoms in total. The first-order valence-electron chi connectivity index (χ1n) is 10.1. The van der Waals surface area contributed by atoms with Crippen LogP contribution in [-0.4, -0.2) is 46.8 Å². The van der Waals surface area contributed by atoms with Gasteiger partial charge in [0.1, 0.15) is 0 Å². The molecule has 0 bridgehead atoms. The monoisotopic (exact) mass is 420 g/mol. The van der Waals surface area contributed by atoms with Gasteiger partial charge in [0.05, 0.1) is 12.7 Å². The lowest BCUT2D eigenvalue weighted by Gasteiger charge is -2.36. The van der Waals surface area contributed by atoms with Crippen LogP contribution in [0.15, 0.2) is 67.0 Å². The average Bonchev–Trinajstić information content (AvgIpc) is 3.22. The molecule has 0 radical (unpaired) electrons. The number of halogens is 1. The van der Waals surface area contributed by atoms with E-state index in [2.05, 4.69) is 29.1 Å². The van der Waals surface area contributed by atoms with Crippen LogP contribution in [0.25, 0.3) is 6.08 Å². The topological polar surface area (TPSA) is 41.4 Å². The number of piperazine rings is 1. The molecule has 1 amide bonds. The number of carbonyl (C=O) groups excluding carboxylic acids is 1. The molecule has 1 fully saturated rings. The molecular formula is C24H25ClN4O. The van der Waals surface area contributed by atoms with E-state index >= 15 is 0 Å². The number of amides is 1. The Labute approximate surface area is 182 Å². The van der Waals surface area contributed by atoms with Crippen molar-refractivity contribution in [3.05, 3.63) is 88.7 Å². The maximum atomic E-state index is 12.6. The van der Waals surface area contributed by atoms with Crippen LogP contribution in [0.4, 0.5) is 5.69 Å². The molecule has 30 heavy (non-hydrogen) atoms. The van der Waals surface area contributed by atoms with Crippen molar-refractivity contribution in [1.82, 2.24) is 14.7 Å². The fourth-order valence-electron chi connectivity index (χ4n) is 3.69. The lowest BCUT2D eigenvalue weighted by molar-refractivity contribution is -0.126. The number of carbonyl (C=O) groups is 1. The number of aryl methyl sites for hydroxylation is 1. The third kappa shape index (κ3) is 4.92. The third-order valence-electron chi connectivity index (χ3n) is 5.36. The summed E-state index contributed by atoms with van der Waals surface area (Å²) in [5, 5.41) is 5.12. The van der Waals surface area contributed by atoms with Crippen molar-refractivity contribution >= 4 is 29.3 Å². The van der Waals surface area contributed by atoms with Crippen molar-refractivity contribution in [2.24, 2.45) is 0 Å². The number of aromatic nitrogens is 2. The van der Waals surface area contributed by atoms with Gasteiger partial charge in [0.2, 0.25) is 5.91 Å². The van der Waals surface area contributed by atoms with Crippen LogP contribution >= 0.6 is 11.6 Å². The van der Waals surface area contributed by atoms with E-state index in [-0.39, 0.29) is 5.91 Å². The Morgan fingerprint density at radius 3 is 2.63 bits per heavy atom. The summed E-state index contributed by atoms with van der Waals surface area (Å²) in [5.41, 5.74) is 4.47. The maximum Gasteiger partial charge on any atom is 0.246 e. The van der Waals surface area contributed by atoms with Gasteiger partial charge in [0, 0.05) is 54.7 Å².